The Morgan fingerprint density at radius 2 is 2.05 bits per heavy atom. The van der Waals surface area contributed by atoms with Gasteiger partial charge in [0.25, 0.3) is 0 Å². The molecule has 0 fully saturated rings. The lowest BCUT2D eigenvalue weighted by atomic mass is 10.0. The maximum atomic E-state index is 11.3. The number of aliphatic hydroxyl groups excluding tert-OH is 1. The van der Waals surface area contributed by atoms with E-state index in [9.17, 15) is 30.2 Å². The number of hydrogen-bond donors (Lipinski definition) is 3. The lowest BCUT2D eigenvalue weighted by Gasteiger charge is -2.05. The van der Waals surface area contributed by atoms with Crippen LogP contribution in [-0.4, -0.2) is 26.0 Å². The van der Waals surface area contributed by atoms with Crippen molar-refractivity contribution in [1.82, 2.24) is 0 Å². The summed E-state index contributed by atoms with van der Waals surface area (Å²) in [5.41, 5.74) is -1.94. The van der Waals surface area contributed by atoms with Gasteiger partial charge in [0.15, 0.2) is 11.5 Å². The molecule has 20 heavy (non-hydrogen) atoms. The molecule has 8 nitrogen and oxygen atoms in total. The number of rotatable bonds is 4. The number of aromatic hydroxyl groups is 2. The Morgan fingerprint density at radius 1 is 1.45 bits per heavy atom. The molecule has 0 aliphatic rings. The minimum atomic E-state index is -0.993. The van der Waals surface area contributed by atoms with Gasteiger partial charge in [-0.15, -0.1) is 0 Å². The summed E-state index contributed by atoms with van der Waals surface area (Å²) in [7, 11) is 0. The summed E-state index contributed by atoms with van der Waals surface area (Å²) >= 11 is 0. The van der Waals surface area contributed by atoms with Crippen LogP contribution in [-0.2, 0) is 4.79 Å². The first-order valence-electron chi connectivity index (χ1n) is 5.04. The van der Waals surface area contributed by atoms with Gasteiger partial charge in [0.1, 0.15) is 17.4 Å². The molecule has 0 saturated carbocycles. The molecular formula is C12H8N2O6. The van der Waals surface area contributed by atoms with Gasteiger partial charge in [0.05, 0.1) is 4.92 Å². The van der Waals surface area contributed by atoms with Crippen molar-refractivity contribution in [2.45, 2.75) is 0 Å². The molecule has 102 valence electrons. The largest absolute Gasteiger partial charge is 0.506 e. The van der Waals surface area contributed by atoms with E-state index in [4.69, 9.17) is 5.26 Å². The molecule has 8 heteroatoms. The predicted molar refractivity (Wildman–Crippen MR) is 66.8 cm³/mol. The Hall–Kier alpha value is -3.34. The first-order valence-corrected chi connectivity index (χ1v) is 5.04. The lowest BCUT2D eigenvalue weighted by Crippen LogP contribution is -2.01. The van der Waals surface area contributed by atoms with Crippen LogP contribution >= 0.6 is 0 Å². The first-order chi connectivity index (χ1) is 9.33. The third-order valence-electron chi connectivity index (χ3n) is 2.32. The molecule has 1 aromatic rings. The number of carbonyl (C=O) groups excluding carboxylic acids is 1. The highest BCUT2D eigenvalue weighted by atomic mass is 16.6. The summed E-state index contributed by atoms with van der Waals surface area (Å²) in [6.07, 6.45) is 0.781. The molecule has 3 N–H and O–H groups in total. The van der Waals surface area contributed by atoms with Gasteiger partial charge in [-0.25, -0.2) is 0 Å². The zero-order chi connectivity index (χ0) is 15.4. The number of nitriles is 1. The van der Waals surface area contributed by atoms with E-state index < -0.39 is 39.2 Å². The Kier molecular flexibility index (Phi) is 4.07. The number of nitrogens with zero attached hydrogens (tertiary/aromatic N) is 2. The summed E-state index contributed by atoms with van der Waals surface area (Å²) in [5, 5.41) is 47.9. The van der Waals surface area contributed by atoms with Crippen molar-refractivity contribution in [2.75, 3.05) is 0 Å². The van der Waals surface area contributed by atoms with Crippen molar-refractivity contribution in [1.29, 1.82) is 5.26 Å². The Balaban J connectivity index is 3.59. The van der Waals surface area contributed by atoms with Crippen molar-refractivity contribution in [3.05, 3.63) is 46.0 Å². The highest BCUT2D eigenvalue weighted by Gasteiger charge is 2.22. The summed E-state index contributed by atoms with van der Waals surface area (Å²) in [4.78, 5) is 21.0. The molecule has 0 unspecified atom stereocenters. The Morgan fingerprint density at radius 3 is 2.50 bits per heavy atom. The predicted octanol–water partition coefficient (Wildman–Crippen LogP) is 1.55. The van der Waals surface area contributed by atoms with E-state index in [1.165, 1.54) is 6.07 Å². The number of phenolic OH excluding ortho intramolecular Hbond substituents is 2. The standard InChI is InChI=1S/C12H8N2O6/c1-2-9(15)7(5-13)11(17)6-3-8(14(19)20)12(18)10(16)4-6/h2-4,16-18H,1H2/b11-7-. The van der Waals surface area contributed by atoms with E-state index in [-0.39, 0.29) is 5.56 Å². The van der Waals surface area contributed by atoms with Gasteiger partial charge < -0.3 is 15.3 Å². The lowest BCUT2D eigenvalue weighted by molar-refractivity contribution is -0.386. The SMILES string of the molecule is C=CC(=O)/C(C#N)=C(\O)c1cc(O)c(O)c([N+](=O)[O-])c1. The van der Waals surface area contributed by atoms with E-state index in [0.29, 0.717) is 0 Å². The van der Waals surface area contributed by atoms with Crippen LogP contribution in [0.25, 0.3) is 5.76 Å². The van der Waals surface area contributed by atoms with Crippen LogP contribution in [0.1, 0.15) is 5.56 Å². The normalized spacial score (nSPS) is 11.2. The van der Waals surface area contributed by atoms with E-state index >= 15 is 0 Å². The van der Waals surface area contributed by atoms with Crippen LogP contribution < -0.4 is 0 Å². The number of carbonyl (C=O) groups is 1. The molecule has 0 bridgehead atoms. The molecular weight excluding hydrogens is 268 g/mol. The number of nitro benzene ring substituents is 1. The van der Waals surface area contributed by atoms with E-state index in [1.807, 2.05) is 0 Å². The van der Waals surface area contributed by atoms with Gasteiger partial charge in [-0.2, -0.15) is 5.26 Å². The molecule has 0 spiro atoms. The van der Waals surface area contributed by atoms with Crippen LogP contribution in [0.5, 0.6) is 11.5 Å². The second kappa shape index (κ2) is 5.53. The van der Waals surface area contributed by atoms with E-state index in [1.54, 1.807) is 0 Å². The smallest absolute Gasteiger partial charge is 0.315 e. The molecule has 0 atom stereocenters. The number of phenols is 2. The van der Waals surface area contributed by atoms with Crippen LogP contribution in [0.2, 0.25) is 0 Å². The van der Waals surface area contributed by atoms with Crippen molar-refractivity contribution in [2.24, 2.45) is 0 Å². The fraction of sp³-hybridized carbons (Fsp3) is 0. The zero-order valence-corrected chi connectivity index (χ0v) is 9.90. The second-order valence-corrected chi connectivity index (χ2v) is 3.52. The zero-order valence-electron chi connectivity index (χ0n) is 9.90. The van der Waals surface area contributed by atoms with Crippen molar-refractivity contribution < 1.29 is 25.0 Å². The number of aliphatic hydroxyl groups is 1. The molecule has 0 amide bonds. The van der Waals surface area contributed by atoms with Crippen molar-refractivity contribution in [3.63, 3.8) is 0 Å². The first kappa shape index (κ1) is 14.7. The van der Waals surface area contributed by atoms with E-state index in [0.717, 1.165) is 18.2 Å². The molecule has 1 aromatic carbocycles. The quantitative estimate of drug-likeness (QED) is 0.189. The number of benzene rings is 1. The molecule has 0 aliphatic heterocycles. The van der Waals surface area contributed by atoms with Crippen LogP contribution in [0.4, 0.5) is 5.69 Å². The number of hydrogen-bond acceptors (Lipinski definition) is 7. The molecule has 0 saturated heterocycles. The molecule has 0 radical (unpaired) electrons. The minimum Gasteiger partial charge on any atom is -0.506 e. The average Bonchev–Trinajstić information content (AvgIpc) is 2.41. The fourth-order valence-electron chi connectivity index (χ4n) is 1.35. The van der Waals surface area contributed by atoms with Gasteiger partial charge in [-0.1, -0.05) is 6.58 Å². The summed E-state index contributed by atoms with van der Waals surface area (Å²) < 4.78 is 0. The topological polar surface area (TPSA) is 145 Å². The fourth-order valence-corrected chi connectivity index (χ4v) is 1.35. The summed E-state index contributed by atoms with van der Waals surface area (Å²) in [6, 6.07) is 2.93. The third kappa shape index (κ3) is 2.56. The molecule has 1 rings (SSSR count). The maximum Gasteiger partial charge on any atom is 0.315 e. The van der Waals surface area contributed by atoms with Crippen molar-refractivity contribution >= 4 is 17.2 Å². The maximum absolute atomic E-state index is 11.3. The highest BCUT2D eigenvalue weighted by Crippen LogP contribution is 2.38. The molecule has 0 aromatic heterocycles. The van der Waals surface area contributed by atoms with Crippen LogP contribution in [0.15, 0.2) is 30.4 Å². The molecule has 0 heterocycles. The minimum absolute atomic E-state index is 0.362. The summed E-state index contributed by atoms with van der Waals surface area (Å²) in [5.74, 6) is -3.61. The highest BCUT2D eigenvalue weighted by molar-refractivity contribution is 6.11. The van der Waals surface area contributed by atoms with Gasteiger partial charge in [0, 0.05) is 11.6 Å². The van der Waals surface area contributed by atoms with Crippen LogP contribution in [0, 0.1) is 21.4 Å². The van der Waals surface area contributed by atoms with E-state index in [2.05, 4.69) is 6.58 Å². The number of nitro groups is 1. The number of ketones is 1. The van der Waals surface area contributed by atoms with Crippen molar-refractivity contribution in [3.8, 4) is 17.6 Å². The van der Waals surface area contributed by atoms with Gasteiger partial charge in [-0.05, 0) is 12.1 Å². The van der Waals surface area contributed by atoms with Crippen LogP contribution in [0.3, 0.4) is 0 Å². The monoisotopic (exact) mass is 276 g/mol. The second-order valence-electron chi connectivity index (χ2n) is 3.52. The summed E-state index contributed by atoms with van der Waals surface area (Å²) in [6.45, 7) is 3.14. The Bertz CT molecular complexity index is 684. The van der Waals surface area contributed by atoms with Gasteiger partial charge >= 0.3 is 5.69 Å². The Labute approximate surface area is 112 Å². The average molecular weight is 276 g/mol. The van der Waals surface area contributed by atoms with Gasteiger partial charge in [-0.3, -0.25) is 14.9 Å². The van der Waals surface area contributed by atoms with Gasteiger partial charge in [0.2, 0.25) is 5.75 Å². The number of allylic oxidation sites excluding steroid dienone is 2. The third-order valence-corrected chi connectivity index (χ3v) is 2.32. The molecule has 0 aliphatic carbocycles.